The van der Waals surface area contributed by atoms with Gasteiger partial charge in [0.25, 0.3) is 0 Å². The van der Waals surface area contributed by atoms with E-state index in [0.29, 0.717) is 0 Å². The van der Waals surface area contributed by atoms with Crippen molar-refractivity contribution in [3.05, 3.63) is 103 Å². The zero-order valence-electron chi connectivity index (χ0n) is 14.3. The van der Waals surface area contributed by atoms with Crippen LogP contribution in [0.3, 0.4) is 0 Å². The van der Waals surface area contributed by atoms with Crippen molar-refractivity contribution in [1.82, 2.24) is 4.57 Å². The molecule has 0 fully saturated rings. The van der Waals surface area contributed by atoms with E-state index in [0.717, 1.165) is 0 Å². The van der Waals surface area contributed by atoms with Gasteiger partial charge in [-0.15, -0.1) is 0 Å². The molecule has 1 aromatic heterocycles. The van der Waals surface area contributed by atoms with Crippen molar-refractivity contribution in [2.24, 2.45) is 0 Å². The first-order valence-electron chi connectivity index (χ1n) is 8.81. The van der Waals surface area contributed by atoms with Crippen molar-refractivity contribution in [3.63, 3.8) is 0 Å². The van der Waals surface area contributed by atoms with Gasteiger partial charge < -0.3 is 0 Å². The molecule has 4 aromatic carbocycles. The van der Waals surface area contributed by atoms with E-state index in [4.69, 9.17) is 0 Å². The van der Waals surface area contributed by atoms with Crippen LogP contribution in [0.2, 0.25) is 0 Å². The van der Waals surface area contributed by atoms with Crippen LogP contribution in [-0.4, -0.2) is 20.3 Å². The van der Waals surface area contributed by atoms with Crippen LogP contribution in [0, 0.1) is 0 Å². The third kappa shape index (κ3) is 2.66. The fourth-order valence-electron chi connectivity index (χ4n) is 3.59. The molecular weight excluding hydrogens is 377 g/mol. The molecule has 0 radical (unpaired) electrons. The van der Waals surface area contributed by atoms with Crippen LogP contribution in [0.4, 0.5) is 0 Å². The monoisotopic (exact) mass is 395 g/mol. The van der Waals surface area contributed by atoms with Crippen LogP contribution in [0.25, 0.3) is 27.5 Å². The standard InChI is InChI=1S/C24H18AsN/c1-3-9-18(10-4-1)25-19-15-16-24-22(17-19)21-13-7-8-14-23(21)26(24)20-11-5-2-6-12-20/h1-17,25H. The summed E-state index contributed by atoms with van der Waals surface area (Å²) in [6.07, 6.45) is 0. The normalized spacial score (nSPS) is 11.7. The molecule has 2 heteroatoms. The second-order valence-corrected chi connectivity index (χ2v) is 9.36. The van der Waals surface area contributed by atoms with E-state index in [1.54, 1.807) is 0 Å². The molecular formula is C24H18AsN. The van der Waals surface area contributed by atoms with E-state index < -0.39 is 0 Å². The van der Waals surface area contributed by atoms with Crippen molar-refractivity contribution in [2.45, 2.75) is 0 Å². The van der Waals surface area contributed by atoms with Crippen molar-refractivity contribution < 1.29 is 0 Å². The van der Waals surface area contributed by atoms with Crippen LogP contribution in [-0.2, 0) is 0 Å². The number of fused-ring (bicyclic) bond motifs is 3. The van der Waals surface area contributed by atoms with Crippen LogP contribution < -0.4 is 8.70 Å². The van der Waals surface area contributed by atoms with E-state index in [2.05, 4.69) is 108 Å². The molecule has 1 unspecified atom stereocenters. The Balaban J connectivity index is 1.73. The number of hydrogen-bond acceptors (Lipinski definition) is 0. The molecule has 0 spiro atoms. The molecule has 0 saturated carbocycles. The Morgan fingerprint density at radius 2 is 1.15 bits per heavy atom. The van der Waals surface area contributed by atoms with E-state index in [9.17, 15) is 0 Å². The van der Waals surface area contributed by atoms with Crippen LogP contribution in [0.5, 0.6) is 0 Å². The quantitative estimate of drug-likeness (QED) is 0.404. The molecule has 0 aliphatic rings. The number of nitrogens with zero attached hydrogens (tertiary/aromatic N) is 1. The van der Waals surface area contributed by atoms with Gasteiger partial charge in [0.15, 0.2) is 0 Å². The fourth-order valence-corrected chi connectivity index (χ4v) is 5.85. The maximum absolute atomic E-state index is 2.41. The van der Waals surface area contributed by atoms with Crippen molar-refractivity contribution >= 4 is 46.3 Å². The summed E-state index contributed by atoms with van der Waals surface area (Å²) < 4.78 is 5.31. The van der Waals surface area contributed by atoms with E-state index in [1.807, 2.05) is 0 Å². The first-order valence-corrected chi connectivity index (χ1v) is 10.9. The molecule has 26 heavy (non-hydrogen) atoms. The minimum absolute atomic E-state index is 0.310. The number of hydrogen-bond donors (Lipinski definition) is 0. The molecule has 1 nitrogen and oxygen atoms in total. The molecule has 124 valence electrons. The van der Waals surface area contributed by atoms with Crippen LogP contribution in [0.1, 0.15) is 0 Å². The van der Waals surface area contributed by atoms with Crippen LogP contribution in [0.15, 0.2) is 103 Å². The molecule has 5 aromatic rings. The SMILES string of the molecule is c1ccc([AsH]c2ccc3c(c2)c2ccccc2n3-c2ccccc2)cc1. The molecule has 1 heterocycles. The Morgan fingerprint density at radius 1 is 0.500 bits per heavy atom. The Bertz CT molecular complexity index is 1190. The zero-order valence-corrected chi connectivity index (χ0v) is 16.4. The molecule has 0 bridgehead atoms. The number of para-hydroxylation sites is 2. The third-order valence-corrected chi connectivity index (χ3v) is 7.31. The molecule has 5 rings (SSSR count). The Hall–Kier alpha value is -2.76. The van der Waals surface area contributed by atoms with Gasteiger partial charge in [0.1, 0.15) is 0 Å². The topological polar surface area (TPSA) is 4.93 Å². The minimum atomic E-state index is -0.310. The van der Waals surface area contributed by atoms with Crippen molar-refractivity contribution in [1.29, 1.82) is 0 Å². The van der Waals surface area contributed by atoms with Crippen LogP contribution >= 0.6 is 0 Å². The molecule has 0 N–H and O–H groups in total. The summed E-state index contributed by atoms with van der Waals surface area (Å²) in [6, 6.07) is 37.2. The van der Waals surface area contributed by atoms with E-state index >= 15 is 0 Å². The number of aromatic nitrogens is 1. The second kappa shape index (κ2) is 6.52. The van der Waals surface area contributed by atoms with E-state index in [-0.39, 0.29) is 15.8 Å². The predicted molar refractivity (Wildman–Crippen MR) is 114 cm³/mol. The number of benzene rings is 4. The predicted octanol–water partition coefficient (Wildman–Crippen LogP) is 4.17. The van der Waals surface area contributed by atoms with Gasteiger partial charge in [0.2, 0.25) is 0 Å². The summed E-state index contributed by atoms with van der Waals surface area (Å²) in [5, 5.41) is 2.68. The molecule has 0 aliphatic carbocycles. The van der Waals surface area contributed by atoms with Gasteiger partial charge in [0.05, 0.1) is 0 Å². The second-order valence-electron chi connectivity index (χ2n) is 6.41. The summed E-state index contributed by atoms with van der Waals surface area (Å²) in [5.74, 6) is 0. The zero-order chi connectivity index (χ0) is 17.3. The maximum atomic E-state index is 2.41. The van der Waals surface area contributed by atoms with Gasteiger partial charge in [-0.1, -0.05) is 0 Å². The first-order chi connectivity index (χ1) is 12.9. The van der Waals surface area contributed by atoms with Crippen molar-refractivity contribution in [2.75, 3.05) is 0 Å². The summed E-state index contributed by atoms with van der Waals surface area (Å²) in [7, 11) is 0. The summed E-state index contributed by atoms with van der Waals surface area (Å²) in [6.45, 7) is 0. The van der Waals surface area contributed by atoms with Gasteiger partial charge in [0, 0.05) is 0 Å². The van der Waals surface area contributed by atoms with Crippen molar-refractivity contribution in [3.8, 4) is 5.69 Å². The molecule has 0 aliphatic heterocycles. The van der Waals surface area contributed by atoms with Gasteiger partial charge in [-0.05, 0) is 0 Å². The van der Waals surface area contributed by atoms with Gasteiger partial charge in [-0.25, -0.2) is 0 Å². The average molecular weight is 395 g/mol. The first kappa shape index (κ1) is 15.5. The summed E-state index contributed by atoms with van der Waals surface area (Å²) in [5.41, 5.74) is 3.76. The summed E-state index contributed by atoms with van der Waals surface area (Å²) in [4.78, 5) is 0. The number of rotatable bonds is 3. The molecule has 0 saturated heterocycles. The van der Waals surface area contributed by atoms with E-state index in [1.165, 1.54) is 36.2 Å². The molecule has 1 atom stereocenters. The third-order valence-electron chi connectivity index (χ3n) is 4.75. The molecule has 0 amide bonds. The van der Waals surface area contributed by atoms with Gasteiger partial charge in [-0.3, -0.25) is 0 Å². The Labute approximate surface area is 159 Å². The fraction of sp³-hybridized carbons (Fsp3) is 0. The Morgan fingerprint density at radius 3 is 1.96 bits per heavy atom. The van der Waals surface area contributed by atoms with Gasteiger partial charge >= 0.3 is 160 Å². The van der Waals surface area contributed by atoms with Gasteiger partial charge in [-0.2, -0.15) is 0 Å². The average Bonchev–Trinajstić information content (AvgIpc) is 3.03. The summed E-state index contributed by atoms with van der Waals surface area (Å²) >= 11 is -0.310. The Kier molecular flexibility index (Phi) is 3.88.